The summed E-state index contributed by atoms with van der Waals surface area (Å²) in [5.41, 5.74) is 2.82. The molecule has 6 nitrogen and oxygen atoms in total. The van der Waals surface area contributed by atoms with Crippen LogP contribution in [0.4, 0.5) is 11.4 Å². The van der Waals surface area contributed by atoms with Gasteiger partial charge in [-0.15, -0.1) is 0 Å². The minimum Gasteiger partial charge on any atom is -0.323 e. The Morgan fingerprint density at radius 2 is 1.57 bits per heavy atom. The first kappa shape index (κ1) is 20.0. The molecular weight excluding hydrogens is 352 g/mol. The van der Waals surface area contributed by atoms with E-state index in [0.29, 0.717) is 23.5 Å². The van der Waals surface area contributed by atoms with Gasteiger partial charge >= 0.3 is 0 Å². The van der Waals surface area contributed by atoms with E-state index in [1.165, 1.54) is 0 Å². The Kier molecular flexibility index (Phi) is 6.79. The van der Waals surface area contributed by atoms with Gasteiger partial charge in [-0.1, -0.05) is 31.2 Å². The zero-order valence-corrected chi connectivity index (χ0v) is 16.6. The second-order valence-electron chi connectivity index (χ2n) is 7.13. The Hall–Kier alpha value is -2.70. The van der Waals surface area contributed by atoms with Crippen LogP contribution in [-0.4, -0.2) is 60.9 Å². The van der Waals surface area contributed by atoms with Gasteiger partial charge in [-0.05, 0) is 43.3 Å². The van der Waals surface area contributed by atoms with Crippen LogP contribution in [0.5, 0.6) is 0 Å². The molecule has 0 aliphatic carbocycles. The predicted octanol–water partition coefficient (Wildman–Crippen LogP) is 2.82. The lowest BCUT2D eigenvalue weighted by molar-refractivity contribution is -0.117. The Morgan fingerprint density at radius 1 is 0.893 bits per heavy atom. The molecule has 0 saturated carbocycles. The third-order valence-electron chi connectivity index (χ3n) is 5.01. The van der Waals surface area contributed by atoms with Gasteiger partial charge in [0.25, 0.3) is 5.91 Å². The van der Waals surface area contributed by atoms with Gasteiger partial charge in [0.2, 0.25) is 5.91 Å². The number of hydrogen-bond acceptors (Lipinski definition) is 4. The molecule has 28 heavy (non-hydrogen) atoms. The lowest BCUT2D eigenvalue weighted by Crippen LogP contribution is -2.48. The highest BCUT2D eigenvalue weighted by Gasteiger charge is 2.18. The van der Waals surface area contributed by atoms with Gasteiger partial charge in [0.15, 0.2) is 0 Å². The van der Waals surface area contributed by atoms with Crippen LogP contribution < -0.4 is 10.6 Å². The van der Waals surface area contributed by atoms with E-state index in [9.17, 15) is 9.59 Å². The van der Waals surface area contributed by atoms with Gasteiger partial charge in [-0.25, -0.2) is 0 Å². The highest BCUT2D eigenvalue weighted by Crippen LogP contribution is 2.24. The number of likely N-dealkylation sites (N-methyl/N-ethyl adjacent to an activating group) is 1. The van der Waals surface area contributed by atoms with Crippen LogP contribution in [0.3, 0.4) is 0 Å². The summed E-state index contributed by atoms with van der Waals surface area (Å²) in [7, 11) is 0. The van der Waals surface area contributed by atoms with Gasteiger partial charge in [-0.3, -0.25) is 14.5 Å². The quantitative estimate of drug-likeness (QED) is 0.809. The number of benzene rings is 2. The van der Waals surface area contributed by atoms with E-state index in [0.717, 1.165) is 38.3 Å². The molecule has 1 heterocycles. The largest absolute Gasteiger partial charge is 0.323 e. The molecule has 1 saturated heterocycles. The molecule has 2 aromatic rings. The molecular formula is C22H28N4O2. The number of nitrogens with zero attached hydrogens (tertiary/aromatic N) is 2. The van der Waals surface area contributed by atoms with E-state index in [2.05, 4.69) is 27.4 Å². The van der Waals surface area contributed by atoms with Crippen molar-refractivity contribution in [2.45, 2.75) is 13.8 Å². The van der Waals surface area contributed by atoms with Crippen molar-refractivity contribution < 1.29 is 9.59 Å². The summed E-state index contributed by atoms with van der Waals surface area (Å²) >= 11 is 0. The Balaban J connectivity index is 1.64. The van der Waals surface area contributed by atoms with Crippen molar-refractivity contribution in [2.24, 2.45) is 0 Å². The van der Waals surface area contributed by atoms with E-state index < -0.39 is 0 Å². The van der Waals surface area contributed by atoms with E-state index in [-0.39, 0.29) is 11.8 Å². The molecule has 0 spiro atoms. The zero-order chi connectivity index (χ0) is 19.9. The number of rotatable bonds is 6. The fourth-order valence-electron chi connectivity index (χ4n) is 3.31. The third-order valence-corrected chi connectivity index (χ3v) is 5.01. The molecule has 2 aromatic carbocycles. The second kappa shape index (κ2) is 9.48. The summed E-state index contributed by atoms with van der Waals surface area (Å²) < 4.78 is 0. The Morgan fingerprint density at radius 3 is 2.25 bits per heavy atom. The maximum absolute atomic E-state index is 12.6. The first-order valence-electron chi connectivity index (χ1n) is 9.76. The first-order valence-corrected chi connectivity index (χ1v) is 9.76. The minimum absolute atomic E-state index is 0.0641. The van der Waals surface area contributed by atoms with Crippen molar-refractivity contribution in [3.8, 4) is 0 Å². The van der Waals surface area contributed by atoms with Crippen LogP contribution >= 0.6 is 0 Å². The van der Waals surface area contributed by atoms with Gasteiger partial charge in [0.1, 0.15) is 0 Å². The predicted molar refractivity (Wildman–Crippen MR) is 113 cm³/mol. The molecule has 1 aliphatic rings. The number of carbonyl (C=O) groups excluding carboxylic acids is 2. The topological polar surface area (TPSA) is 64.7 Å². The van der Waals surface area contributed by atoms with Crippen molar-refractivity contribution in [3.63, 3.8) is 0 Å². The molecule has 148 valence electrons. The van der Waals surface area contributed by atoms with Crippen molar-refractivity contribution in [3.05, 3.63) is 59.7 Å². The number of hydrogen-bond donors (Lipinski definition) is 2. The average molecular weight is 380 g/mol. The average Bonchev–Trinajstić information content (AvgIpc) is 2.71. The molecule has 0 aromatic heterocycles. The van der Waals surface area contributed by atoms with Crippen molar-refractivity contribution in [1.29, 1.82) is 0 Å². The minimum atomic E-state index is -0.198. The van der Waals surface area contributed by atoms with E-state index in [1.807, 2.05) is 43.3 Å². The summed E-state index contributed by atoms with van der Waals surface area (Å²) in [6, 6.07) is 14.7. The lowest BCUT2D eigenvalue weighted by Gasteiger charge is -2.33. The van der Waals surface area contributed by atoms with Crippen LogP contribution in [0, 0.1) is 6.92 Å². The number of piperazine rings is 1. The van der Waals surface area contributed by atoms with E-state index in [4.69, 9.17) is 0 Å². The smallest absolute Gasteiger partial charge is 0.255 e. The Bertz CT molecular complexity index is 815. The molecule has 2 N–H and O–H groups in total. The molecule has 3 rings (SSSR count). The van der Waals surface area contributed by atoms with Crippen LogP contribution in [0.25, 0.3) is 0 Å². The number of nitrogens with one attached hydrogen (secondary N) is 2. The molecule has 1 aliphatic heterocycles. The molecule has 0 atom stereocenters. The summed E-state index contributed by atoms with van der Waals surface area (Å²) in [5, 5.41) is 5.87. The normalized spacial score (nSPS) is 15.2. The molecule has 1 fully saturated rings. The van der Waals surface area contributed by atoms with Crippen LogP contribution in [0.1, 0.15) is 22.8 Å². The summed E-state index contributed by atoms with van der Waals surface area (Å²) in [4.78, 5) is 29.6. The summed E-state index contributed by atoms with van der Waals surface area (Å²) in [5.74, 6) is -0.263. The standard InChI is InChI=1S/C22H28N4O2/c1-3-25-11-13-26(14-12-25)16-21(27)23-20-15-17(2)9-10-19(20)24-22(28)18-7-5-4-6-8-18/h4-10,15H,3,11-14,16H2,1-2H3,(H,23,27)(H,24,28). The van der Waals surface area contributed by atoms with Gasteiger partial charge in [-0.2, -0.15) is 0 Å². The number of aryl methyl sites for hydroxylation is 1. The summed E-state index contributed by atoms with van der Waals surface area (Å²) in [6.45, 7) is 9.30. The molecule has 2 amide bonds. The van der Waals surface area contributed by atoms with E-state index in [1.54, 1.807) is 12.1 Å². The monoisotopic (exact) mass is 380 g/mol. The molecule has 6 heteroatoms. The van der Waals surface area contributed by atoms with Crippen LogP contribution in [-0.2, 0) is 4.79 Å². The van der Waals surface area contributed by atoms with Crippen molar-refractivity contribution >= 4 is 23.2 Å². The van der Waals surface area contributed by atoms with Crippen molar-refractivity contribution in [2.75, 3.05) is 49.9 Å². The fourth-order valence-corrected chi connectivity index (χ4v) is 3.31. The number of anilines is 2. The van der Waals surface area contributed by atoms with E-state index >= 15 is 0 Å². The lowest BCUT2D eigenvalue weighted by atomic mass is 10.1. The number of carbonyl (C=O) groups is 2. The summed E-state index contributed by atoms with van der Waals surface area (Å²) in [6.07, 6.45) is 0. The first-order chi connectivity index (χ1) is 13.5. The fraction of sp³-hybridized carbons (Fsp3) is 0.364. The SMILES string of the molecule is CCN1CCN(CC(=O)Nc2cc(C)ccc2NC(=O)c2ccccc2)CC1. The maximum atomic E-state index is 12.6. The van der Waals surface area contributed by atoms with Crippen molar-refractivity contribution in [1.82, 2.24) is 9.80 Å². The molecule has 0 bridgehead atoms. The van der Waals surface area contributed by atoms with Crippen LogP contribution in [0.2, 0.25) is 0 Å². The highest BCUT2D eigenvalue weighted by molar-refractivity contribution is 6.07. The van der Waals surface area contributed by atoms with Crippen LogP contribution in [0.15, 0.2) is 48.5 Å². The highest BCUT2D eigenvalue weighted by atomic mass is 16.2. The second-order valence-corrected chi connectivity index (χ2v) is 7.13. The molecule has 0 radical (unpaired) electrons. The van der Waals surface area contributed by atoms with Gasteiger partial charge in [0.05, 0.1) is 17.9 Å². The Labute approximate surface area is 166 Å². The maximum Gasteiger partial charge on any atom is 0.255 e. The van der Waals surface area contributed by atoms with Gasteiger partial charge < -0.3 is 15.5 Å². The number of amides is 2. The zero-order valence-electron chi connectivity index (χ0n) is 16.6. The molecule has 0 unspecified atom stereocenters. The third kappa shape index (κ3) is 5.41. The van der Waals surface area contributed by atoms with Gasteiger partial charge in [0, 0.05) is 31.7 Å².